The van der Waals surface area contributed by atoms with Gasteiger partial charge >= 0.3 is 0 Å². The summed E-state index contributed by atoms with van der Waals surface area (Å²) in [6.07, 6.45) is 2.46. The number of Topliss-reactive ketones (excluding diaryl/α,β-unsaturated/α-hetero) is 1. The summed E-state index contributed by atoms with van der Waals surface area (Å²) in [5.74, 6) is 0.122. The number of nitriles is 1. The van der Waals surface area contributed by atoms with Crippen LogP contribution in [0.4, 0.5) is 5.69 Å². The minimum absolute atomic E-state index is 0.0617. The van der Waals surface area contributed by atoms with Gasteiger partial charge in [-0.3, -0.25) is 4.79 Å². The van der Waals surface area contributed by atoms with E-state index in [4.69, 9.17) is 9.47 Å². The fourth-order valence-electron chi connectivity index (χ4n) is 4.19. The lowest BCUT2D eigenvalue weighted by atomic mass is 10.0. The van der Waals surface area contributed by atoms with Crippen LogP contribution in [0.25, 0.3) is 5.52 Å². The third-order valence-electron chi connectivity index (χ3n) is 5.66. The number of hydrogen-bond donors (Lipinski definition) is 0. The van der Waals surface area contributed by atoms with Crippen molar-refractivity contribution in [2.45, 2.75) is 38.1 Å². The molecule has 8 nitrogen and oxygen atoms in total. The molecule has 154 valence electrons. The molecule has 0 aromatic carbocycles. The number of fused-ring (bicyclic) bond motifs is 1. The Morgan fingerprint density at radius 1 is 1.31 bits per heavy atom. The van der Waals surface area contributed by atoms with Crippen LogP contribution in [0.3, 0.4) is 0 Å². The van der Waals surface area contributed by atoms with E-state index >= 15 is 0 Å². The van der Waals surface area contributed by atoms with Crippen LogP contribution >= 0.6 is 0 Å². The Labute approximate surface area is 170 Å². The van der Waals surface area contributed by atoms with Gasteiger partial charge in [-0.05, 0) is 38.6 Å². The van der Waals surface area contributed by atoms with E-state index in [9.17, 15) is 10.1 Å². The predicted octanol–water partition coefficient (Wildman–Crippen LogP) is 1.48. The minimum atomic E-state index is -0.460. The maximum atomic E-state index is 12.9. The molecular formula is C21H27N5O3. The summed E-state index contributed by atoms with van der Waals surface area (Å²) in [4.78, 5) is 17.3. The van der Waals surface area contributed by atoms with Gasteiger partial charge in [0.2, 0.25) is 0 Å². The molecule has 2 saturated heterocycles. The highest BCUT2D eigenvalue weighted by molar-refractivity contribution is 5.84. The lowest BCUT2D eigenvalue weighted by Gasteiger charge is -2.38. The predicted molar refractivity (Wildman–Crippen MR) is 108 cm³/mol. The molecule has 0 amide bonds. The monoisotopic (exact) mass is 397 g/mol. The van der Waals surface area contributed by atoms with E-state index in [1.807, 2.05) is 19.1 Å². The first-order valence-corrected chi connectivity index (χ1v) is 10.1. The first-order valence-electron chi connectivity index (χ1n) is 10.1. The van der Waals surface area contributed by atoms with E-state index in [-0.39, 0.29) is 18.0 Å². The van der Waals surface area contributed by atoms with E-state index in [0.29, 0.717) is 25.2 Å². The van der Waals surface area contributed by atoms with Crippen LogP contribution < -0.4 is 4.90 Å². The summed E-state index contributed by atoms with van der Waals surface area (Å²) in [5.41, 5.74) is 2.31. The van der Waals surface area contributed by atoms with Crippen LogP contribution in [0.5, 0.6) is 0 Å². The van der Waals surface area contributed by atoms with Gasteiger partial charge in [0.1, 0.15) is 17.9 Å². The smallest absolute Gasteiger partial charge is 0.163 e. The van der Waals surface area contributed by atoms with Gasteiger partial charge in [-0.25, -0.2) is 4.52 Å². The quantitative estimate of drug-likeness (QED) is 0.756. The molecule has 2 fully saturated rings. The molecule has 29 heavy (non-hydrogen) atoms. The number of carbonyl (C=O) groups excluding carboxylic acids is 1. The number of morpholine rings is 2. The minimum Gasteiger partial charge on any atom is -0.376 e. The summed E-state index contributed by atoms with van der Waals surface area (Å²) in [7, 11) is 2.08. The second kappa shape index (κ2) is 8.49. The SMILES string of the molecule is C[C@@H]1CN(c2ccc(C#N)n3nccc23)C[C@H](C(=O)CCC2CN(C)CCO2)O1. The summed E-state index contributed by atoms with van der Waals surface area (Å²) in [6.45, 7) is 5.71. The van der Waals surface area contributed by atoms with Crippen molar-refractivity contribution >= 4 is 17.0 Å². The molecule has 2 aromatic rings. The fraction of sp³-hybridized carbons (Fsp3) is 0.571. The van der Waals surface area contributed by atoms with Gasteiger partial charge in [0.05, 0.1) is 42.8 Å². The van der Waals surface area contributed by atoms with Crippen molar-refractivity contribution in [3.8, 4) is 6.07 Å². The molecule has 0 spiro atoms. The van der Waals surface area contributed by atoms with Crippen molar-refractivity contribution in [3.63, 3.8) is 0 Å². The van der Waals surface area contributed by atoms with Crippen LogP contribution in [-0.2, 0) is 14.3 Å². The number of ketones is 1. The van der Waals surface area contributed by atoms with E-state index in [2.05, 4.69) is 28.0 Å². The fourth-order valence-corrected chi connectivity index (χ4v) is 4.19. The number of carbonyl (C=O) groups is 1. The van der Waals surface area contributed by atoms with Crippen molar-refractivity contribution in [1.29, 1.82) is 5.26 Å². The molecule has 2 aromatic heterocycles. The Morgan fingerprint density at radius 3 is 2.97 bits per heavy atom. The molecule has 1 unspecified atom stereocenters. The summed E-state index contributed by atoms with van der Waals surface area (Å²) < 4.78 is 13.4. The molecular weight excluding hydrogens is 370 g/mol. The van der Waals surface area contributed by atoms with Gasteiger partial charge in [0.15, 0.2) is 5.78 Å². The van der Waals surface area contributed by atoms with Crippen molar-refractivity contribution < 1.29 is 14.3 Å². The molecule has 8 heteroatoms. The third-order valence-corrected chi connectivity index (χ3v) is 5.66. The zero-order chi connectivity index (χ0) is 20.4. The average Bonchev–Trinajstić information content (AvgIpc) is 3.21. The molecule has 2 aliphatic rings. The van der Waals surface area contributed by atoms with Gasteiger partial charge in [0, 0.05) is 26.1 Å². The van der Waals surface area contributed by atoms with Crippen LogP contribution in [-0.4, -0.2) is 78.4 Å². The van der Waals surface area contributed by atoms with Crippen LogP contribution in [0.2, 0.25) is 0 Å². The van der Waals surface area contributed by atoms with Crippen molar-refractivity contribution in [1.82, 2.24) is 14.5 Å². The largest absolute Gasteiger partial charge is 0.376 e. The average molecular weight is 397 g/mol. The van der Waals surface area contributed by atoms with Crippen LogP contribution in [0.1, 0.15) is 25.5 Å². The normalized spacial score (nSPS) is 25.8. The molecule has 4 heterocycles. The summed E-state index contributed by atoms with van der Waals surface area (Å²) in [6, 6.07) is 7.75. The number of anilines is 1. The molecule has 4 rings (SSSR count). The van der Waals surface area contributed by atoms with Gasteiger partial charge in [-0.2, -0.15) is 10.4 Å². The van der Waals surface area contributed by atoms with Crippen molar-refractivity contribution in [3.05, 3.63) is 30.1 Å². The molecule has 0 bridgehead atoms. The van der Waals surface area contributed by atoms with Gasteiger partial charge in [0.25, 0.3) is 0 Å². The molecule has 0 N–H and O–H groups in total. The lowest BCUT2D eigenvalue weighted by molar-refractivity contribution is -0.136. The number of likely N-dealkylation sites (N-methyl/N-ethyl adjacent to an activating group) is 1. The highest BCUT2D eigenvalue weighted by Crippen LogP contribution is 2.27. The zero-order valence-corrected chi connectivity index (χ0v) is 17.0. The van der Waals surface area contributed by atoms with E-state index < -0.39 is 6.10 Å². The van der Waals surface area contributed by atoms with Gasteiger partial charge < -0.3 is 19.3 Å². The summed E-state index contributed by atoms with van der Waals surface area (Å²) in [5, 5.41) is 13.5. The molecule has 2 aliphatic heterocycles. The first-order chi connectivity index (χ1) is 14.0. The molecule has 0 saturated carbocycles. The Bertz CT molecular complexity index is 921. The van der Waals surface area contributed by atoms with Gasteiger partial charge in [-0.15, -0.1) is 0 Å². The van der Waals surface area contributed by atoms with E-state index in [1.165, 1.54) is 0 Å². The van der Waals surface area contributed by atoms with Crippen LogP contribution in [0.15, 0.2) is 24.4 Å². The van der Waals surface area contributed by atoms with E-state index in [0.717, 1.165) is 37.3 Å². The number of nitrogens with zero attached hydrogens (tertiary/aromatic N) is 5. The van der Waals surface area contributed by atoms with Crippen molar-refractivity contribution in [2.75, 3.05) is 44.7 Å². The second-order valence-corrected chi connectivity index (χ2v) is 7.94. The Balaban J connectivity index is 1.45. The number of pyridine rings is 1. The Hall–Kier alpha value is -2.47. The molecule has 0 radical (unpaired) electrons. The first kappa shape index (κ1) is 19.8. The number of hydrogen-bond acceptors (Lipinski definition) is 7. The standard InChI is InChI=1S/C21H27N5O3/c1-15-12-25(18-5-3-16(11-22)26-19(18)7-8-23-26)14-21(29-15)20(27)6-4-17-13-24(2)9-10-28-17/h3,5,7-8,15,17,21H,4,6,9-10,12-14H2,1-2H3/t15-,17?,21-/m1/s1. The van der Waals surface area contributed by atoms with Gasteiger partial charge in [-0.1, -0.05) is 0 Å². The molecule has 0 aliphatic carbocycles. The topological polar surface area (TPSA) is 83.1 Å². The maximum absolute atomic E-state index is 12.9. The zero-order valence-electron chi connectivity index (χ0n) is 17.0. The van der Waals surface area contributed by atoms with Crippen molar-refractivity contribution in [2.24, 2.45) is 0 Å². The Morgan fingerprint density at radius 2 is 2.17 bits per heavy atom. The number of aromatic nitrogens is 2. The molecule has 3 atom stereocenters. The summed E-state index contributed by atoms with van der Waals surface area (Å²) >= 11 is 0. The highest BCUT2D eigenvalue weighted by Gasteiger charge is 2.32. The second-order valence-electron chi connectivity index (χ2n) is 7.94. The Kier molecular flexibility index (Phi) is 5.81. The number of ether oxygens (including phenoxy) is 2. The van der Waals surface area contributed by atoms with Crippen LogP contribution in [0, 0.1) is 11.3 Å². The lowest BCUT2D eigenvalue weighted by Crippen LogP contribution is -2.50. The highest BCUT2D eigenvalue weighted by atomic mass is 16.5. The third kappa shape index (κ3) is 4.27. The van der Waals surface area contributed by atoms with E-state index in [1.54, 1.807) is 16.8 Å². The number of rotatable bonds is 5. The maximum Gasteiger partial charge on any atom is 0.163 e.